The number of hydrogen-bond donors (Lipinski definition) is 1. The van der Waals surface area contributed by atoms with Crippen LogP contribution in [-0.4, -0.2) is 49.8 Å². The molecule has 2 saturated heterocycles. The average molecular weight is 387 g/mol. The lowest BCUT2D eigenvalue weighted by atomic mass is 9.92. The van der Waals surface area contributed by atoms with Crippen LogP contribution in [0, 0.1) is 17.8 Å². The number of ether oxygens (including phenoxy) is 3. The fourth-order valence-corrected chi connectivity index (χ4v) is 3.90. The van der Waals surface area contributed by atoms with Gasteiger partial charge in [0.1, 0.15) is 11.9 Å². The lowest BCUT2D eigenvalue weighted by Crippen LogP contribution is -2.44. The van der Waals surface area contributed by atoms with E-state index < -0.39 is 0 Å². The molecule has 0 radical (unpaired) electrons. The first-order valence-corrected chi connectivity index (χ1v) is 10.3. The average Bonchev–Trinajstić information content (AvgIpc) is 3.36. The van der Waals surface area contributed by atoms with Gasteiger partial charge in [0.15, 0.2) is 5.78 Å². The molecule has 1 amide bonds. The maximum Gasteiger partial charge on any atom is 0.223 e. The highest BCUT2D eigenvalue weighted by molar-refractivity contribution is 5.96. The second-order valence-electron chi connectivity index (χ2n) is 8.61. The van der Waals surface area contributed by atoms with Crippen molar-refractivity contribution in [3.8, 4) is 5.75 Å². The van der Waals surface area contributed by atoms with Gasteiger partial charge in [-0.15, -0.1) is 0 Å². The highest BCUT2D eigenvalue weighted by atomic mass is 16.6. The second-order valence-corrected chi connectivity index (χ2v) is 8.61. The molecule has 1 N–H and O–H groups in total. The summed E-state index contributed by atoms with van der Waals surface area (Å²) in [5.41, 5.74) is 0.654. The monoisotopic (exact) mass is 387 g/mol. The first-order valence-electron chi connectivity index (χ1n) is 10.3. The minimum absolute atomic E-state index is 0.0144. The van der Waals surface area contributed by atoms with E-state index in [1.54, 1.807) is 0 Å². The molecule has 1 aromatic carbocycles. The Kier molecular flexibility index (Phi) is 5.69. The number of Topliss-reactive ketones (excluding diaryl/α,β-unsaturated/α-hetero) is 1. The Morgan fingerprint density at radius 2 is 1.96 bits per heavy atom. The molecule has 2 aliphatic heterocycles. The van der Waals surface area contributed by atoms with Crippen molar-refractivity contribution in [1.29, 1.82) is 0 Å². The molecule has 28 heavy (non-hydrogen) atoms. The number of nitrogens with one attached hydrogen (secondary N) is 1. The summed E-state index contributed by atoms with van der Waals surface area (Å²) < 4.78 is 17.6. The molecule has 6 nitrogen and oxygen atoms in total. The largest absolute Gasteiger partial charge is 0.493 e. The zero-order valence-electron chi connectivity index (χ0n) is 16.6. The number of amides is 1. The number of fused-ring (bicyclic) bond motifs is 1. The Morgan fingerprint density at radius 1 is 1.18 bits per heavy atom. The summed E-state index contributed by atoms with van der Waals surface area (Å²) in [7, 11) is 0. The van der Waals surface area contributed by atoms with Gasteiger partial charge in [0, 0.05) is 23.8 Å². The molecular formula is C22H29NO5. The minimum Gasteiger partial charge on any atom is -0.493 e. The van der Waals surface area contributed by atoms with Crippen molar-refractivity contribution < 1.29 is 23.8 Å². The summed E-state index contributed by atoms with van der Waals surface area (Å²) in [5.74, 6) is 1.51. The van der Waals surface area contributed by atoms with E-state index in [0.29, 0.717) is 37.7 Å². The first-order chi connectivity index (χ1) is 13.5. The SMILES string of the molecule is CC(C)COc1cccc(C(=O)CC2COC3C(NC(=O)C4CC4)COC23)c1. The van der Waals surface area contributed by atoms with Crippen LogP contribution < -0.4 is 10.1 Å². The van der Waals surface area contributed by atoms with Crippen LogP contribution in [0.1, 0.15) is 43.5 Å². The maximum absolute atomic E-state index is 12.8. The highest BCUT2D eigenvalue weighted by Crippen LogP contribution is 2.35. The van der Waals surface area contributed by atoms with Gasteiger partial charge in [-0.05, 0) is 30.9 Å². The lowest BCUT2D eigenvalue weighted by Gasteiger charge is -2.17. The summed E-state index contributed by atoms with van der Waals surface area (Å²) in [6.45, 7) is 5.75. The molecule has 152 valence electrons. The van der Waals surface area contributed by atoms with Gasteiger partial charge in [0.25, 0.3) is 0 Å². The molecule has 1 saturated carbocycles. The second kappa shape index (κ2) is 8.21. The Balaban J connectivity index is 1.33. The van der Waals surface area contributed by atoms with E-state index in [9.17, 15) is 9.59 Å². The van der Waals surface area contributed by atoms with Crippen molar-refractivity contribution in [2.75, 3.05) is 19.8 Å². The Labute approximate surface area is 165 Å². The van der Waals surface area contributed by atoms with Gasteiger partial charge in [-0.1, -0.05) is 26.0 Å². The van der Waals surface area contributed by atoms with Crippen molar-refractivity contribution in [1.82, 2.24) is 5.32 Å². The van der Waals surface area contributed by atoms with Crippen molar-refractivity contribution in [3.05, 3.63) is 29.8 Å². The van der Waals surface area contributed by atoms with Crippen LogP contribution in [0.2, 0.25) is 0 Å². The molecule has 1 aromatic rings. The van der Waals surface area contributed by atoms with Crippen LogP contribution in [-0.2, 0) is 14.3 Å². The van der Waals surface area contributed by atoms with Crippen LogP contribution >= 0.6 is 0 Å². The van der Waals surface area contributed by atoms with Crippen molar-refractivity contribution in [2.45, 2.75) is 51.4 Å². The Hall–Kier alpha value is -1.92. The third-order valence-corrected chi connectivity index (χ3v) is 5.62. The molecule has 3 fully saturated rings. The van der Waals surface area contributed by atoms with Gasteiger partial charge in [0.2, 0.25) is 5.91 Å². The van der Waals surface area contributed by atoms with Gasteiger partial charge in [-0.2, -0.15) is 0 Å². The van der Waals surface area contributed by atoms with Crippen LogP contribution in [0.5, 0.6) is 5.75 Å². The fraction of sp³-hybridized carbons (Fsp3) is 0.636. The topological polar surface area (TPSA) is 73.9 Å². The highest BCUT2D eigenvalue weighted by Gasteiger charge is 2.49. The smallest absolute Gasteiger partial charge is 0.223 e. The summed E-state index contributed by atoms with van der Waals surface area (Å²) in [4.78, 5) is 24.8. The van der Waals surface area contributed by atoms with E-state index >= 15 is 0 Å². The molecular weight excluding hydrogens is 358 g/mol. The van der Waals surface area contributed by atoms with Gasteiger partial charge in [0.05, 0.1) is 32.0 Å². The summed E-state index contributed by atoms with van der Waals surface area (Å²) in [6, 6.07) is 7.26. The molecule has 0 bridgehead atoms. The number of carbonyl (C=O) groups is 2. The van der Waals surface area contributed by atoms with Crippen molar-refractivity contribution in [2.24, 2.45) is 17.8 Å². The van der Waals surface area contributed by atoms with Gasteiger partial charge < -0.3 is 19.5 Å². The normalized spacial score (nSPS) is 29.0. The number of rotatable bonds is 8. The van der Waals surface area contributed by atoms with E-state index in [1.165, 1.54) is 0 Å². The van der Waals surface area contributed by atoms with Crippen LogP contribution in [0.4, 0.5) is 0 Å². The molecule has 4 atom stereocenters. The van der Waals surface area contributed by atoms with E-state index in [-0.39, 0.29) is 41.8 Å². The molecule has 2 heterocycles. The third-order valence-electron chi connectivity index (χ3n) is 5.62. The standard InChI is InChI=1S/C22H29NO5/c1-13(2)10-26-17-5-3-4-15(8-17)19(24)9-16-11-27-21-18(12-28-20(16)21)23-22(25)14-6-7-14/h3-5,8,13-14,16,18,20-21H,6-7,9-12H2,1-2H3,(H,23,25). The molecule has 0 aromatic heterocycles. The summed E-state index contributed by atoms with van der Waals surface area (Å²) in [6.07, 6.45) is 2.05. The summed E-state index contributed by atoms with van der Waals surface area (Å²) >= 11 is 0. The maximum atomic E-state index is 12.8. The molecule has 0 spiro atoms. The summed E-state index contributed by atoms with van der Waals surface area (Å²) in [5, 5.41) is 3.06. The molecule has 3 aliphatic rings. The molecule has 4 rings (SSSR count). The van der Waals surface area contributed by atoms with Gasteiger partial charge in [-0.3, -0.25) is 9.59 Å². The van der Waals surface area contributed by atoms with E-state index in [4.69, 9.17) is 14.2 Å². The van der Waals surface area contributed by atoms with E-state index in [0.717, 1.165) is 18.6 Å². The van der Waals surface area contributed by atoms with E-state index in [1.807, 2.05) is 24.3 Å². The zero-order valence-corrected chi connectivity index (χ0v) is 16.6. The number of benzene rings is 1. The van der Waals surface area contributed by atoms with Crippen molar-refractivity contribution >= 4 is 11.7 Å². The Bertz CT molecular complexity index is 729. The van der Waals surface area contributed by atoms with Crippen LogP contribution in [0.3, 0.4) is 0 Å². The fourth-order valence-electron chi connectivity index (χ4n) is 3.90. The zero-order chi connectivity index (χ0) is 19.7. The van der Waals surface area contributed by atoms with E-state index in [2.05, 4.69) is 19.2 Å². The Morgan fingerprint density at radius 3 is 2.71 bits per heavy atom. The lowest BCUT2D eigenvalue weighted by molar-refractivity contribution is -0.123. The van der Waals surface area contributed by atoms with Crippen LogP contribution in [0.15, 0.2) is 24.3 Å². The van der Waals surface area contributed by atoms with Gasteiger partial charge >= 0.3 is 0 Å². The predicted octanol–water partition coefficient (Wildman–Crippen LogP) is 2.60. The van der Waals surface area contributed by atoms with Crippen molar-refractivity contribution in [3.63, 3.8) is 0 Å². The predicted molar refractivity (Wildman–Crippen MR) is 103 cm³/mol. The third kappa shape index (κ3) is 4.39. The minimum atomic E-state index is -0.152. The van der Waals surface area contributed by atoms with Crippen LogP contribution in [0.25, 0.3) is 0 Å². The number of ketones is 1. The molecule has 4 unspecified atom stereocenters. The quantitative estimate of drug-likeness (QED) is 0.694. The van der Waals surface area contributed by atoms with Gasteiger partial charge in [-0.25, -0.2) is 0 Å². The number of carbonyl (C=O) groups excluding carboxylic acids is 2. The number of hydrogen-bond acceptors (Lipinski definition) is 5. The first kappa shape index (κ1) is 19.4. The molecule has 1 aliphatic carbocycles. The molecule has 6 heteroatoms.